The van der Waals surface area contributed by atoms with Gasteiger partial charge in [0, 0.05) is 12.5 Å². The molecule has 1 unspecified atom stereocenters. The summed E-state index contributed by atoms with van der Waals surface area (Å²) < 4.78 is 0. The summed E-state index contributed by atoms with van der Waals surface area (Å²) in [5.41, 5.74) is 5.35. The lowest BCUT2D eigenvalue weighted by molar-refractivity contribution is -0.124. The van der Waals surface area contributed by atoms with Crippen LogP contribution >= 0.6 is 0 Å². The van der Waals surface area contributed by atoms with Crippen molar-refractivity contribution in [2.75, 3.05) is 13.1 Å². The molecule has 0 spiro atoms. The number of hydrogen-bond acceptors (Lipinski definition) is 2. The zero-order chi connectivity index (χ0) is 9.40. The van der Waals surface area contributed by atoms with Crippen LogP contribution in [-0.2, 0) is 4.79 Å². The Morgan fingerprint density at radius 1 is 1.50 bits per heavy atom. The van der Waals surface area contributed by atoms with E-state index in [4.69, 9.17) is 5.73 Å². The van der Waals surface area contributed by atoms with Gasteiger partial charge in [0.1, 0.15) is 0 Å². The van der Waals surface area contributed by atoms with E-state index in [1.807, 2.05) is 13.8 Å². The molecule has 0 aliphatic heterocycles. The van der Waals surface area contributed by atoms with E-state index in [2.05, 4.69) is 5.32 Å². The number of amides is 1. The molecule has 1 amide bonds. The van der Waals surface area contributed by atoms with Crippen molar-refractivity contribution in [3.63, 3.8) is 0 Å². The van der Waals surface area contributed by atoms with Gasteiger partial charge in [0.05, 0.1) is 0 Å². The number of unbranched alkanes of at least 4 members (excludes halogenated alkanes) is 1. The van der Waals surface area contributed by atoms with E-state index in [0.29, 0.717) is 0 Å². The fourth-order valence-electron chi connectivity index (χ4n) is 1.07. The minimum Gasteiger partial charge on any atom is -0.356 e. The molecule has 0 bridgehead atoms. The molecule has 3 N–H and O–H groups in total. The van der Waals surface area contributed by atoms with Crippen molar-refractivity contribution >= 4 is 5.91 Å². The van der Waals surface area contributed by atoms with Crippen molar-refractivity contribution in [1.82, 2.24) is 5.32 Å². The summed E-state index contributed by atoms with van der Waals surface area (Å²) >= 11 is 0. The van der Waals surface area contributed by atoms with Crippen molar-refractivity contribution < 1.29 is 4.79 Å². The lowest BCUT2D eigenvalue weighted by Crippen LogP contribution is -2.28. The fraction of sp³-hybridized carbons (Fsp3) is 0.889. The molecule has 0 saturated heterocycles. The molecular formula is C9H20N2O. The predicted octanol–water partition coefficient (Wildman–Crippen LogP) is 0.888. The topological polar surface area (TPSA) is 55.1 Å². The molecule has 12 heavy (non-hydrogen) atoms. The Kier molecular flexibility index (Phi) is 6.76. The highest BCUT2D eigenvalue weighted by Crippen LogP contribution is 2.06. The second-order valence-electron chi connectivity index (χ2n) is 3.08. The third-order valence-electron chi connectivity index (χ3n) is 1.89. The maximum Gasteiger partial charge on any atom is 0.222 e. The van der Waals surface area contributed by atoms with Crippen LogP contribution in [0.4, 0.5) is 0 Å². The third kappa shape index (κ3) is 5.13. The molecule has 0 heterocycles. The van der Waals surface area contributed by atoms with Gasteiger partial charge in [0.15, 0.2) is 0 Å². The van der Waals surface area contributed by atoms with Gasteiger partial charge in [-0.2, -0.15) is 0 Å². The molecule has 3 heteroatoms. The SMILES string of the molecule is CCNC(=O)C(C)CCCCN. The first kappa shape index (κ1) is 11.4. The molecule has 0 aliphatic carbocycles. The Labute approximate surface area is 74.7 Å². The lowest BCUT2D eigenvalue weighted by Gasteiger charge is -2.09. The maximum absolute atomic E-state index is 11.2. The van der Waals surface area contributed by atoms with E-state index in [9.17, 15) is 4.79 Å². The quantitative estimate of drug-likeness (QED) is 0.584. The average Bonchev–Trinajstić information content (AvgIpc) is 2.05. The first-order valence-electron chi connectivity index (χ1n) is 4.70. The molecule has 1 atom stereocenters. The molecule has 0 aromatic rings. The van der Waals surface area contributed by atoms with Crippen LogP contribution in [0, 0.1) is 5.92 Å². The highest BCUT2D eigenvalue weighted by atomic mass is 16.1. The number of rotatable bonds is 6. The Morgan fingerprint density at radius 2 is 2.17 bits per heavy atom. The van der Waals surface area contributed by atoms with Crippen LogP contribution in [0.1, 0.15) is 33.1 Å². The summed E-state index contributed by atoms with van der Waals surface area (Å²) in [5, 5.41) is 2.80. The van der Waals surface area contributed by atoms with Gasteiger partial charge in [-0.05, 0) is 26.3 Å². The summed E-state index contributed by atoms with van der Waals surface area (Å²) in [6.45, 7) is 5.34. The van der Waals surface area contributed by atoms with Crippen LogP contribution in [0.5, 0.6) is 0 Å². The van der Waals surface area contributed by atoms with Gasteiger partial charge in [-0.15, -0.1) is 0 Å². The lowest BCUT2D eigenvalue weighted by atomic mass is 10.0. The maximum atomic E-state index is 11.2. The number of nitrogens with one attached hydrogen (secondary N) is 1. The van der Waals surface area contributed by atoms with E-state index in [-0.39, 0.29) is 11.8 Å². The monoisotopic (exact) mass is 172 g/mol. The molecule has 0 rings (SSSR count). The van der Waals surface area contributed by atoms with Gasteiger partial charge in [-0.1, -0.05) is 13.3 Å². The van der Waals surface area contributed by atoms with Crippen LogP contribution in [0.3, 0.4) is 0 Å². The highest BCUT2D eigenvalue weighted by Gasteiger charge is 2.09. The van der Waals surface area contributed by atoms with Crippen LogP contribution in [-0.4, -0.2) is 19.0 Å². The van der Waals surface area contributed by atoms with Crippen LogP contribution in [0.25, 0.3) is 0 Å². The molecule has 0 radical (unpaired) electrons. The summed E-state index contributed by atoms with van der Waals surface area (Å²) in [7, 11) is 0. The van der Waals surface area contributed by atoms with Crippen molar-refractivity contribution in [2.45, 2.75) is 33.1 Å². The minimum absolute atomic E-state index is 0.136. The summed E-state index contributed by atoms with van der Waals surface area (Å²) in [6, 6.07) is 0. The van der Waals surface area contributed by atoms with Gasteiger partial charge < -0.3 is 11.1 Å². The third-order valence-corrected chi connectivity index (χ3v) is 1.89. The molecule has 3 nitrogen and oxygen atoms in total. The van der Waals surface area contributed by atoms with E-state index < -0.39 is 0 Å². The van der Waals surface area contributed by atoms with Gasteiger partial charge >= 0.3 is 0 Å². The number of hydrogen-bond donors (Lipinski definition) is 2. The van der Waals surface area contributed by atoms with Crippen molar-refractivity contribution in [3.05, 3.63) is 0 Å². The molecule has 0 fully saturated rings. The van der Waals surface area contributed by atoms with Crippen molar-refractivity contribution in [1.29, 1.82) is 0 Å². The predicted molar refractivity (Wildman–Crippen MR) is 50.8 cm³/mol. The summed E-state index contributed by atoms with van der Waals surface area (Å²) in [6.07, 6.45) is 3.02. The molecule has 0 saturated carbocycles. The largest absolute Gasteiger partial charge is 0.356 e. The van der Waals surface area contributed by atoms with E-state index >= 15 is 0 Å². The normalized spacial score (nSPS) is 12.6. The molecule has 0 aliphatic rings. The molecular weight excluding hydrogens is 152 g/mol. The minimum atomic E-state index is 0.136. The first-order chi connectivity index (χ1) is 5.72. The Bertz CT molecular complexity index is 126. The number of carbonyl (C=O) groups is 1. The van der Waals surface area contributed by atoms with Crippen molar-refractivity contribution in [2.24, 2.45) is 11.7 Å². The summed E-state index contributed by atoms with van der Waals surface area (Å²) in [4.78, 5) is 11.2. The van der Waals surface area contributed by atoms with Gasteiger partial charge in [0.25, 0.3) is 0 Å². The Balaban J connectivity index is 3.42. The molecule has 0 aromatic carbocycles. The highest BCUT2D eigenvalue weighted by molar-refractivity contribution is 5.78. The average molecular weight is 172 g/mol. The second-order valence-corrected chi connectivity index (χ2v) is 3.08. The number of nitrogens with two attached hydrogens (primary N) is 1. The fourth-order valence-corrected chi connectivity index (χ4v) is 1.07. The van der Waals surface area contributed by atoms with Crippen LogP contribution in [0.2, 0.25) is 0 Å². The Hall–Kier alpha value is -0.570. The van der Waals surface area contributed by atoms with Crippen LogP contribution < -0.4 is 11.1 Å². The molecule has 0 aromatic heterocycles. The van der Waals surface area contributed by atoms with E-state index in [1.165, 1.54) is 0 Å². The smallest absolute Gasteiger partial charge is 0.222 e. The summed E-state index contributed by atoms with van der Waals surface area (Å²) in [5.74, 6) is 0.297. The van der Waals surface area contributed by atoms with Gasteiger partial charge in [0.2, 0.25) is 5.91 Å². The van der Waals surface area contributed by atoms with E-state index in [0.717, 1.165) is 32.4 Å². The zero-order valence-electron chi connectivity index (χ0n) is 8.10. The molecule has 72 valence electrons. The van der Waals surface area contributed by atoms with Gasteiger partial charge in [-0.25, -0.2) is 0 Å². The standard InChI is InChI=1S/C9H20N2O/c1-3-11-9(12)8(2)6-4-5-7-10/h8H,3-7,10H2,1-2H3,(H,11,12). The first-order valence-corrected chi connectivity index (χ1v) is 4.70. The van der Waals surface area contributed by atoms with E-state index in [1.54, 1.807) is 0 Å². The Morgan fingerprint density at radius 3 is 2.67 bits per heavy atom. The van der Waals surface area contributed by atoms with Gasteiger partial charge in [-0.3, -0.25) is 4.79 Å². The number of carbonyl (C=O) groups excluding carboxylic acids is 1. The second kappa shape index (κ2) is 7.10. The van der Waals surface area contributed by atoms with Crippen molar-refractivity contribution in [3.8, 4) is 0 Å². The van der Waals surface area contributed by atoms with Crippen LogP contribution in [0.15, 0.2) is 0 Å². The zero-order valence-corrected chi connectivity index (χ0v) is 8.10.